The molecule has 3 rings (SSSR count). The molecule has 0 bridgehead atoms. The third-order valence-electron chi connectivity index (χ3n) is 4.58. The van der Waals surface area contributed by atoms with Crippen molar-refractivity contribution >= 4 is 28.1 Å². The summed E-state index contributed by atoms with van der Waals surface area (Å²) >= 11 is 1.51. The van der Waals surface area contributed by atoms with Crippen molar-refractivity contribution in [1.29, 1.82) is 0 Å². The van der Waals surface area contributed by atoms with Gasteiger partial charge in [-0.3, -0.25) is 4.79 Å². The van der Waals surface area contributed by atoms with Crippen LogP contribution in [-0.2, 0) is 11.3 Å². The largest absolute Gasteiger partial charge is 0.493 e. The van der Waals surface area contributed by atoms with Crippen molar-refractivity contribution in [2.45, 2.75) is 40.7 Å². The van der Waals surface area contributed by atoms with Crippen LogP contribution in [0.3, 0.4) is 0 Å². The van der Waals surface area contributed by atoms with Gasteiger partial charge in [0.15, 0.2) is 5.13 Å². The lowest BCUT2D eigenvalue weighted by atomic mass is 10.1. The van der Waals surface area contributed by atoms with E-state index in [0.29, 0.717) is 18.3 Å². The Labute approximate surface area is 176 Å². The Hall–Kier alpha value is -2.86. The van der Waals surface area contributed by atoms with Gasteiger partial charge in [0.2, 0.25) is 5.91 Å². The molecule has 5 nitrogen and oxygen atoms in total. The Balaban J connectivity index is 1.52. The summed E-state index contributed by atoms with van der Waals surface area (Å²) in [7, 11) is 0. The molecule has 0 fully saturated rings. The number of nitrogens with zero attached hydrogens (tertiary/aromatic N) is 1. The van der Waals surface area contributed by atoms with Gasteiger partial charge in [0.05, 0.1) is 25.3 Å². The van der Waals surface area contributed by atoms with Gasteiger partial charge in [-0.2, -0.15) is 0 Å². The monoisotopic (exact) mass is 409 g/mol. The standard InChI is InChI=1S/C23H27N3O2S/c1-15-12-16(2)22(17(3)13-15)24-14-20-18(4)25-23(29-20)26-21(27)10-11-28-19-8-6-5-7-9-19/h5-9,12-13,24H,10-11,14H2,1-4H3,(H,25,26,27). The molecular formula is C23H27N3O2S. The zero-order chi connectivity index (χ0) is 20.8. The number of hydrogen-bond acceptors (Lipinski definition) is 5. The number of aryl methyl sites for hydroxylation is 4. The Kier molecular flexibility index (Phi) is 6.88. The van der Waals surface area contributed by atoms with E-state index in [1.807, 2.05) is 37.3 Å². The number of ether oxygens (including phenoxy) is 1. The zero-order valence-corrected chi connectivity index (χ0v) is 18.2. The van der Waals surface area contributed by atoms with Crippen LogP contribution in [-0.4, -0.2) is 17.5 Å². The van der Waals surface area contributed by atoms with Gasteiger partial charge in [0.1, 0.15) is 5.75 Å². The first-order valence-corrected chi connectivity index (χ1v) is 10.5. The predicted molar refractivity (Wildman–Crippen MR) is 120 cm³/mol. The van der Waals surface area contributed by atoms with E-state index in [2.05, 4.69) is 48.5 Å². The highest BCUT2D eigenvalue weighted by Crippen LogP contribution is 2.26. The van der Waals surface area contributed by atoms with Gasteiger partial charge in [-0.25, -0.2) is 4.98 Å². The number of hydrogen-bond donors (Lipinski definition) is 2. The molecule has 152 valence electrons. The summed E-state index contributed by atoms with van der Waals surface area (Å²) in [6.07, 6.45) is 0.281. The van der Waals surface area contributed by atoms with Gasteiger partial charge in [-0.15, -0.1) is 0 Å². The first kappa shape index (κ1) is 20.9. The molecule has 0 aliphatic rings. The Bertz CT molecular complexity index is 960. The Morgan fingerprint density at radius 1 is 1.07 bits per heavy atom. The lowest BCUT2D eigenvalue weighted by molar-refractivity contribution is -0.116. The summed E-state index contributed by atoms with van der Waals surface area (Å²) in [6.45, 7) is 9.32. The molecule has 1 heterocycles. The number of carbonyl (C=O) groups is 1. The number of amides is 1. The SMILES string of the molecule is Cc1cc(C)c(NCc2sc(NC(=O)CCOc3ccccc3)nc2C)c(C)c1. The van der Waals surface area contributed by atoms with Gasteiger partial charge in [0.25, 0.3) is 0 Å². The molecule has 6 heteroatoms. The molecule has 0 saturated heterocycles. The molecule has 1 aromatic heterocycles. The maximum absolute atomic E-state index is 12.2. The highest BCUT2D eigenvalue weighted by atomic mass is 32.1. The van der Waals surface area contributed by atoms with E-state index in [9.17, 15) is 4.79 Å². The van der Waals surface area contributed by atoms with E-state index in [-0.39, 0.29) is 12.3 Å². The summed E-state index contributed by atoms with van der Waals surface area (Å²) in [4.78, 5) is 17.8. The van der Waals surface area contributed by atoms with Crippen LogP contribution in [0, 0.1) is 27.7 Å². The van der Waals surface area contributed by atoms with Crippen LogP contribution in [0.4, 0.5) is 10.8 Å². The molecule has 1 amide bonds. The maximum atomic E-state index is 12.2. The van der Waals surface area contributed by atoms with Gasteiger partial charge < -0.3 is 15.4 Å². The van der Waals surface area contributed by atoms with Crippen LogP contribution in [0.2, 0.25) is 0 Å². The molecular weight excluding hydrogens is 382 g/mol. The van der Waals surface area contributed by atoms with Gasteiger partial charge in [0, 0.05) is 10.6 Å². The van der Waals surface area contributed by atoms with Crippen molar-refractivity contribution in [3.05, 3.63) is 69.7 Å². The number of benzene rings is 2. The molecule has 0 spiro atoms. The second-order valence-corrected chi connectivity index (χ2v) is 8.20. The van der Waals surface area contributed by atoms with Crippen LogP contribution < -0.4 is 15.4 Å². The van der Waals surface area contributed by atoms with E-state index in [0.717, 1.165) is 22.0 Å². The second kappa shape index (κ2) is 9.56. The van der Waals surface area contributed by atoms with E-state index >= 15 is 0 Å². The third-order valence-corrected chi connectivity index (χ3v) is 5.66. The molecule has 3 aromatic rings. The minimum atomic E-state index is -0.0978. The lowest BCUT2D eigenvalue weighted by Gasteiger charge is -2.13. The van der Waals surface area contributed by atoms with Gasteiger partial charge in [-0.05, 0) is 51.0 Å². The van der Waals surface area contributed by atoms with E-state index in [1.54, 1.807) is 0 Å². The van der Waals surface area contributed by atoms with E-state index in [1.165, 1.54) is 28.0 Å². The highest BCUT2D eigenvalue weighted by molar-refractivity contribution is 7.15. The topological polar surface area (TPSA) is 63.2 Å². The van der Waals surface area contributed by atoms with Crippen molar-refractivity contribution in [3.8, 4) is 5.75 Å². The van der Waals surface area contributed by atoms with Crippen LogP contribution >= 0.6 is 11.3 Å². The summed E-state index contributed by atoms with van der Waals surface area (Å²) < 4.78 is 5.57. The fourth-order valence-electron chi connectivity index (χ4n) is 3.23. The van der Waals surface area contributed by atoms with Crippen LogP contribution in [0.5, 0.6) is 5.75 Å². The molecule has 0 unspecified atom stereocenters. The van der Waals surface area contributed by atoms with Crippen molar-refractivity contribution in [2.24, 2.45) is 0 Å². The predicted octanol–water partition coefficient (Wildman–Crippen LogP) is 5.40. The Morgan fingerprint density at radius 2 is 1.76 bits per heavy atom. The number of rotatable bonds is 8. The molecule has 2 aromatic carbocycles. The number of carbonyl (C=O) groups excluding carboxylic acids is 1. The lowest BCUT2D eigenvalue weighted by Crippen LogP contribution is -2.15. The first-order valence-electron chi connectivity index (χ1n) is 9.68. The Morgan fingerprint density at radius 3 is 2.45 bits per heavy atom. The quantitative estimate of drug-likeness (QED) is 0.523. The fourth-order valence-corrected chi connectivity index (χ4v) is 4.15. The molecule has 29 heavy (non-hydrogen) atoms. The number of anilines is 2. The van der Waals surface area contributed by atoms with Crippen LogP contribution in [0.15, 0.2) is 42.5 Å². The summed E-state index contributed by atoms with van der Waals surface area (Å²) in [5.41, 5.74) is 5.82. The number of para-hydroxylation sites is 1. The molecule has 0 aliphatic heterocycles. The number of thiazole rings is 1. The average Bonchev–Trinajstić information content (AvgIpc) is 3.00. The minimum Gasteiger partial charge on any atom is -0.493 e. The van der Waals surface area contributed by atoms with Crippen molar-refractivity contribution in [2.75, 3.05) is 17.2 Å². The second-order valence-electron chi connectivity index (χ2n) is 7.11. The molecule has 0 radical (unpaired) electrons. The highest BCUT2D eigenvalue weighted by Gasteiger charge is 2.12. The van der Waals surface area contributed by atoms with Crippen molar-refractivity contribution in [3.63, 3.8) is 0 Å². The fraction of sp³-hybridized carbons (Fsp3) is 0.304. The third kappa shape index (κ3) is 5.81. The first-order chi connectivity index (χ1) is 13.9. The zero-order valence-electron chi connectivity index (χ0n) is 17.3. The average molecular weight is 410 g/mol. The minimum absolute atomic E-state index is 0.0978. The molecule has 0 saturated carbocycles. The van der Waals surface area contributed by atoms with E-state index in [4.69, 9.17) is 4.74 Å². The maximum Gasteiger partial charge on any atom is 0.229 e. The summed E-state index contributed by atoms with van der Waals surface area (Å²) in [5.74, 6) is 0.667. The summed E-state index contributed by atoms with van der Waals surface area (Å²) in [5, 5.41) is 7.03. The van der Waals surface area contributed by atoms with Crippen molar-refractivity contribution < 1.29 is 9.53 Å². The normalized spacial score (nSPS) is 10.6. The van der Waals surface area contributed by atoms with Gasteiger partial charge in [-0.1, -0.05) is 47.2 Å². The van der Waals surface area contributed by atoms with Crippen LogP contribution in [0.25, 0.3) is 0 Å². The van der Waals surface area contributed by atoms with Gasteiger partial charge >= 0.3 is 0 Å². The smallest absolute Gasteiger partial charge is 0.229 e. The molecule has 0 aliphatic carbocycles. The summed E-state index contributed by atoms with van der Waals surface area (Å²) in [6, 6.07) is 13.8. The van der Waals surface area contributed by atoms with Crippen LogP contribution in [0.1, 0.15) is 33.7 Å². The molecule has 0 atom stereocenters. The van der Waals surface area contributed by atoms with Crippen molar-refractivity contribution in [1.82, 2.24) is 4.98 Å². The molecule has 2 N–H and O–H groups in total. The van der Waals surface area contributed by atoms with E-state index < -0.39 is 0 Å². The number of nitrogens with one attached hydrogen (secondary N) is 2. The number of aromatic nitrogens is 1.